The molecule has 0 saturated carbocycles. The molecule has 0 bridgehead atoms. The SMILES string of the molecule is O=[N+]([O-])c1cc(Br)c(F)cc1Oc1ccccc1CCO. The summed E-state index contributed by atoms with van der Waals surface area (Å²) in [5.74, 6) is -0.502. The lowest BCUT2D eigenvalue weighted by Crippen LogP contribution is -1.98. The number of halogens is 2. The molecule has 0 atom stereocenters. The van der Waals surface area contributed by atoms with Crippen molar-refractivity contribution >= 4 is 21.6 Å². The zero-order chi connectivity index (χ0) is 15.4. The fraction of sp³-hybridized carbons (Fsp3) is 0.143. The van der Waals surface area contributed by atoms with Gasteiger partial charge >= 0.3 is 5.69 Å². The highest BCUT2D eigenvalue weighted by molar-refractivity contribution is 9.10. The van der Waals surface area contributed by atoms with Crippen molar-refractivity contribution in [3.05, 3.63) is 62.4 Å². The molecule has 5 nitrogen and oxygen atoms in total. The van der Waals surface area contributed by atoms with Gasteiger partial charge in [0, 0.05) is 18.7 Å². The molecule has 7 heteroatoms. The van der Waals surface area contributed by atoms with Gasteiger partial charge in [0.05, 0.1) is 9.40 Å². The molecule has 0 aromatic heterocycles. The Morgan fingerprint density at radius 1 is 1.29 bits per heavy atom. The monoisotopic (exact) mass is 355 g/mol. The molecule has 0 aliphatic carbocycles. The summed E-state index contributed by atoms with van der Waals surface area (Å²) in [5, 5.41) is 20.0. The number of hydrogen-bond acceptors (Lipinski definition) is 4. The third-order valence-corrected chi connectivity index (χ3v) is 3.38. The van der Waals surface area contributed by atoms with Gasteiger partial charge in [-0.1, -0.05) is 18.2 Å². The first kappa shape index (κ1) is 15.4. The Morgan fingerprint density at radius 2 is 2.00 bits per heavy atom. The van der Waals surface area contributed by atoms with Crippen molar-refractivity contribution in [1.82, 2.24) is 0 Å². The van der Waals surface area contributed by atoms with Crippen LogP contribution in [0.2, 0.25) is 0 Å². The van der Waals surface area contributed by atoms with Crippen molar-refractivity contribution in [2.45, 2.75) is 6.42 Å². The van der Waals surface area contributed by atoms with Gasteiger partial charge in [0.25, 0.3) is 0 Å². The predicted molar refractivity (Wildman–Crippen MR) is 78.1 cm³/mol. The van der Waals surface area contributed by atoms with Crippen LogP contribution in [0.3, 0.4) is 0 Å². The maximum absolute atomic E-state index is 13.6. The van der Waals surface area contributed by atoms with Crippen molar-refractivity contribution in [2.24, 2.45) is 0 Å². The number of nitro benzene ring substituents is 1. The zero-order valence-electron chi connectivity index (χ0n) is 10.8. The molecule has 0 aliphatic rings. The molecule has 0 spiro atoms. The molecule has 0 unspecified atom stereocenters. The van der Waals surface area contributed by atoms with Crippen molar-refractivity contribution < 1.29 is 19.2 Å². The largest absolute Gasteiger partial charge is 0.450 e. The molecule has 0 amide bonds. The van der Waals surface area contributed by atoms with E-state index in [0.29, 0.717) is 17.7 Å². The molecule has 0 saturated heterocycles. The lowest BCUT2D eigenvalue weighted by molar-refractivity contribution is -0.385. The molecule has 1 N–H and O–H groups in total. The van der Waals surface area contributed by atoms with Crippen LogP contribution in [0.1, 0.15) is 5.56 Å². The number of nitro groups is 1. The van der Waals surface area contributed by atoms with E-state index in [0.717, 1.165) is 12.1 Å². The Hall–Kier alpha value is -1.99. The smallest absolute Gasteiger partial charge is 0.312 e. The number of benzene rings is 2. The summed E-state index contributed by atoms with van der Waals surface area (Å²) in [6, 6.07) is 8.80. The predicted octanol–water partition coefficient (Wildman–Crippen LogP) is 3.82. The van der Waals surface area contributed by atoms with Crippen LogP contribution in [-0.2, 0) is 6.42 Å². The number of rotatable bonds is 5. The Bertz CT molecular complexity index is 678. The molecule has 0 fully saturated rings. The first-order chi connectivity index (χ1) is 10.0. The van der Waals surface area contributed by atoms with E-state index in [1.54, 1.807) is 24.3 Å². The summed E-state index contributed by atoms with van der Waals surface area (Å²) in [7, 11) is 0. The summed E-state index contributed by atoms with van der Waals surface area (Å²) in [4.78, 5) is 10.4. The number of aliphatic hydroxyl groups excluding tert-OH is 1. The summed E-state index contributed by atoms with van der Waals surface area (Å²) in [5.41, 5.74) is 0.333. The molecule has 21 heavy (non-hydrogen) atoms. The Morgan fingerprint density at radius 3 is 2.67 bits per heavy atom. The Balaban J connectivity index is 2.44. The van der Waals surface area contributed by atoms with Crippen LogP contribution < -0.4 is 4.74 Å². The maximum atomic E-state index is 13.6. The van der Waals surface area contributed by atoms with E-state index in [2.05, 4.69) is 15.9 Å². The van der Waals surface area contributed by atoms with Gasteiger partial charge in [-0.05, 0) is 34.0 Å². The van der Waals surface area contributed by atoms with Crippen LogP contribution in [-0.4, -0.2) is 16.6 Å². The summed E-state index contributed by atoms with van der Waals surface area (Å²) in [6.45, 7) is -0.0861. The van der Waals surface area contributed by atoms with E-state index < -0.39 is 10.7 Å². The average molecular weight is 356 g/mol. The highest BCUT2D eigenvalue weighted by Gasteiger charge is 2.20. The number of hydrogen-bond donors (Lipinski definition) is 1. The minimum atomic E-state index is -0.657. The number of ether oxygens (including phenoxy) is 1. The molecule has 2 rings (SSSR count). The fourth-order valence-corrected chi connectivity index (χ4v) is 2.12. The van der Waals surface area contributed by atoms with Crippen LogP contribution in [0.15, 0.2) is 40.9 Å². The average Bonchev–Trinajstić information content (AvgIpc) is 2.44. The number of nitrogens with zero attached hydrogens (tertiary/aromatic N) is 1. The van der Waals surface area contributed by atoms with Gasteiger partial charge in [0.2, 0.25) is 5.75 Å². The molecule has 110 valence electrons. The van der Waals surface area contributed by atoms with Gasteiger partial charge in [0.15, 0.2) is 0 Å². The highest BCUT2D eigenvalue weighted by Crippen LogP contribution is 2.36. The standard InChI is InChI=1S/C14H11BrFNO4/c15-10-7-12(17(19)20)14(8-11(10)16)21-13-4-2-1-3-9(13)5-6-18/h1-4,7-8,18H,5-6H2. The highest BCUT2D eigenvalue weighted by atomic mass is 79.9. The third-order valence-electron chi connectivity index (χ3n) is 2.77. The van der Waals surface area contributed by atoms with Gasteiger partial charge in [-0.15, -0.1) is 0 Å². The Kier molecular flexibility index (Phi) is 4.87. The first-order valence-electron chi connectivity index (χ1n) is 6.03. The van der Waals surface area contributed by atoms with Crippen LogP contribution in [0.5, 0.6) is 11.5 Å². The lowest BCUT2D eigenvalue weighted by atomic mass is 10.1. The molecular formula is C14H11BrFNO4. The van der Waals surface area contributed by atoms with Crippen molar-refractivity contribution in [2.75, 3.05) is 6.61 Å². The van der Waals surface area contributed by atoms with Gasteiger partial charge in [-0.25, -0.2) is 4.39 Å². The minimum absolute atomic E-state index is 0.00908. The second-order valence-electron chi connectivity index (χ2n) is 4.17. The molecule has 0 radical (unpaired) electrons. The fourth-order valence-electron chi connectivity index (χ4n) is 1.79. The van der Waals surface area contributed by atoms with Gasteiger partial charge < -0.3 is 9.84 Å². The quantitative estimate of drug-likeness (QED) is 0.653. The van der Waals surface area contributed by atoms with Crippen LogP contribution in [0.25, 0.3) is 0 Å². The van der Waals surface area contributed by atoms with E-state index in [-0.39, 0.29) is 22.5 Å². The minimum Gasteiger partial charge on any atom is -0.450 e. The van der Waals surface area contributed by atoms with Crippen molar-refractivity contribution in [3.63, 3.8) is 0 Å². The first-order valence-corrected chi connectivity index (χ1v) is 6.82. The number of para-hydroxylation sites is 1. The van der Waals surface area contributed by atoms with E-state index >= 15 is 0 Å². The van der Waals surface area contributed by atoms with E-state index in [9.17, 15) is 14.5 Å². The van der Waals surface area contributed by atoms with E-state index in [1.165, 1.54) is 0 Å². The van der Waals surface area contributed by atoms with E-state index in [4.69, 9.17) is 9.84 Å². The third kappa shape index (κ3) is 3.56. The zero-order valence-corrected chi connectivity index (χ0v) is 12.3. The van der Waals surface area contributed by atoms with Crippen molar-refractivity contribution in [1.29, 1.82) is 0 Å². The van der Waals surface area contributed by atoms with Crippen LogP contribution >= 0.6 is 15.9 Å². The van der Waals surface area contributed by atoms with E-state index in [1.807, 2.05) is 0 Å². The van der Waals surface area contributed by atoms with Gasteiger partial charge in [0.1, 0.15) is 11.6 Å². The van der Waals surface area contributed by atoms with Gasteiger partial charge in [-0.2, -0.15) is 0 Å². The Labute approximate surface area is 128 Å². The lowest BCUT2D eigenvalue weighted by Gasteiger charge is -2.11. The van der Waals surface area contributed by atoms with Crippen molar-refractivity contribution in [3.8, 4) is 11.5 Å². The molecular weight excluding hydrogens is 345 g/mol. The summed E-state index contributed by atoms with van der Waals surface area (Å²) >= 11 is 2.91. The molecule has 2 aromatic carbocycles. The second kappa shape index (κ2) is 6.64. The van der Waals surface area contributed by atoms with Crippen LogP contribution in [0, 0.1) is 15.9 Å². The summed E-state index contributed by atoms with van der Waals surface area (Å²) < 4.78 is 19.1. The number of aliphatic hydroxyl groups is 1. The molecule has 0 heterocycles. The second-order valence-corrected chi connectivity index (χ2v) is 5.03. The molecule has 2 aromatic rings. The summed E-state index contributed by atoms with van der Waals surface area (Å²) in [6.07, 6.45) is 0.336. The maximum Gasteiger partial charge on any atom is 0.312 e. The normalized spacial score (nSPS) is 10.4. The van der Waals surface area contributed by atoms with Crippen LogP contribution in [0.4, 0.5) is 10.1 Å². The molecule has 0 aliphatic heterocycles. The topological polar surface area (TPSA) is 72.6 Å². The van der Waals surface area contributed by atoms with Gasteiger partial charge in [-0.3, -0.25) is 10.1 Å².